The first-order chi connectivity index (χ1) is 36.0. The highest BCUT2D eigenvalue weighted by Gasteiger charge is 2.19. The van der Waals surface area contributed by atoms with Crippen molar-refractivity contribution in [2.75, 3.05) is 18.9 Å². The minimum atomic E-state index is 0.0362. The van der Waals surface area contributed by atoms with Gasteiger partial charge in [-0.15, -0.1) is 0 Å². The number of rotatable bonds is 9. The summed E-state index contributed by atoms with van der Waals surface area (Å²) in [5, 5.41) is 6.32. The maximum absolute atomic E-state index is 6.38. The Morgan fingerprint density at radius 2 is 0.946 bits per heavy atom. The Balaban J connectivity index is 0.000000524. The molecule has 378 valence electrons. The number of benzene rings is 9. The molecule has 0 aliphatic carbocycles. The Morgan fingerprint density at radius 3 is 1.54 bits per heavy atom. The van der Waals surface area contributed by atoms with E-state index in [0.29, 0.717) is 6.54 Å². The standard InChI is InChI=1S/C56H49N3.C8H10.C3H8.C2H6.CH5N/c1-38-15-11-12-24-49(38)50-33-44(45-26-29-54-51(34-45)52-35-47(56(2,3)4)27-30-55(52)59(54)48-22-9-6-10-23-48)25-28-53(50)58-37-46(36-57)43-21-14-20-42(32-43)41-19-13-18-40(31-41)39-16-7-5-8-17-39;1-7-5-3-4-6-8(7)2;1-3-2;2*1-2/h5-36,58H,37,57H2,1-4H3;3-6H,1-2H3;3H2,1-2H3;1-2H3;2H2,1H3/b46-36+;;;;. The molecule has 0 unspecified atom stereocenters. The van der Waals surface area contributed by atoms with Crippen molar-refractivity contribution in [3.63, 3.8) is 0 Å². The van der Waals surface area contributed by atoms with Crippen molar-refractivity contribution in [2.45, 2.75) is 81.1 Å². The van der Waals surface area contributed by atoms with Crippen LogP contribution in [0.2, 0.25) is 0 Å². The SMILES string of the molecule is CC.CCC.CN.Cc1ccccc1-c1cc(-c2ccc3c(c2)c2cc(C(C)(C)C)ccc2n3-c2ccccc2)ccc1NC/C(=C\N)c1cccc(-c2cccc(-c3ccccc3)c2)c1.Cc1ccccc1C. The summed E-state index contributed by atoms with van der Waals surface area (Å²) in [5.41, 5.74) is 32.4. The first-order valence-corrected chi connectivity index (χ1v) is 26.3. The third-order valence-electron chi connectivity index (χ3n) is 13.1. The number of hydrogen-bond donors (Lipinski definition) is 3. The quantitative estimate of drug-likeness (QED) is 0.135. The molecule has 5 N–H and O–H groups in total. The highest BCUT2D eigenvalue weighted by atomic mass is 15.0. The first-order valence-electron chi connectivity index (χ1n) is 26.3. The molecule has 0 bridgehead atoms. The lowest BCUT2D eigenvalue weighted by Crippen LogP contribution is -2.10. The maximum Gasteiger partial charge on any atom is 0.0541 e. The molecular weight excluding hydrogens is 897 g/mol. The number of aromatic nitrogens is 1. The van der Waals surface area contributed by atoms with E-state index in [1.165, 1.54) is 90.9 Å². The van der Waals surface area contributed by atoms with E-state index in [4.69, 9.17) is 5.73 Å². The van der Waals surface area contributed by atoms with Crippen LogP contribution in [0.15, 0.2) is 219 Å². The normalized spacial score (nSPS) is 10.9. The molecular formula is C70H78N4. The van der Waals surface area contributed by atoms with E-state index in [1.54, 1.807) is 6.20 Å². The summed E-state index contributed by atoms with van der Waals surface area (Å²) < 4.78 is 2.40. The van der Waals surface area contributed by atoms with Crippen LogP contribution in [0.25, 0.3) is 77.6 Å². The minimum Gasteiger partial charge on any atom is -0.404 e. The fourth-order valence-corrected chi connectivity index (χ4v) is 9.02. The summed E-state index contributed by atoms with van der Waals surface area (Å²) in [7, 11) is 1.50. The summed E-state index contributed by atoms with van der Waals surface area (Å²) in [5.74, 6) is 0. The fraction of sp³-hybridized carbons (Fsp3) is 0.200. The summed E-state index contributed by atoms with van der Waals surface area (Å²) in [6.45, 7) is 22.1. The van der Waals surface area contributed by atoms with Crippen LogP contribution < -0.4 is 16.8 Å². The average Bonchev–Trinajstić information content (AvgIpc) is 3.78. The van der Waals surface area contributed by atoms with Gasteiger partial charge in [-0.1, -0.05) is 207 Å². The lowest BCUT2D eigenvalue weighted by molar-refractivity contribution is 0.591. The van der Waals surface area contributed by atoms with E-state index < -0.39 is 0 Å². The van der Waals surface area contributed by atoms with Crippen molar-refractivity contribution in [1.29, 1.82) is 0 Å². The van der Waals surface area contributed by atoms with Crippen LogP contribution in [-0.2, 0) is 5.41 Å². The topological polar surface area (TPSA) is 69.0 Å². The van der Waals surface area contributed by atoms with Gasteiger partial charge in [0, 0.05) is 34.3 Å². The number of anilines is 1. The van der Waals surface area contributed by atoms with Gasteiger partial charge in [-0.2, -0.15) is 0 Å². The first kappa shape index (κ1) is 55.4. The molecule has 1 heterocycles. The highest BCUT2D eigenvalue weighted by molar-refractivity contribution is 6.11. The number of nitrogens with two attached hydrogens (primary N) is 2. The Hall–Kier alpha value is -7.92. The Bertz CT molecular complexity index is 3370. The van der Waals surface area contributed by atoms with Crippen molar-refractivity contribution in [3.05, 3.63) is 246 Å². The fourth-order valence-electron chi connectivity index (χ4n) is 9.02. The zero-order chi connectivity index (χ0) is 53.2. The molecule has 0 aliphatic heterocycles. The summed E-state index contributed by atoms with van der Waals surface area (Å²) in [6, 6.07) is 76.4. The Labute approximate surface area is 443 Å². The monoisotopic (exact) mass is 975 g/mol. The molecule has 74 heavy (non-hydrogen) atoms. The summed E-state index contributed by atoms with van der Waals surface area (Å²) in [6.07, 6.45) is 2.99. The van der Waals surface area contributed by atoms with Gasteiger partial charge in [-0.25, -0.2) is 0 Å². The van der Waals surface area contributed by atoms with Crippen molar-refractivity contribution in [3.8, 4) is 50.2 Å². The summed E-state index contributed by atoms with van der Waals surface area (Å²) in [4.78, 5) is 0. The van der Waals surface area contributed by atoms with Gasteiger partial charge in [-0.3, -0.25) is 0 Å². The van der Waals surface area contributed by atoms with E-state index in [1.807, 2.05) is 13.8 Å². The van der Waals surface area contributed by atoms with Gasteiger partial charge in [0.2, 0.25) is 0 Å². The smallest absolute Gasteiger partial charge is 0.0541 e. The van der Waals surface area contributed by atoms with E-state index in [0.717, 1.165) is 33.6 Å². The van der Waals surface area contributed by atoms with Crippen LogP contribution in [0.5, 0.6) is 0 Å². The molecule has 0 saturated heterocycles. The lowest BCUT2D eigenvalue weighted by Gasteiger charge is -2.19. The molecule has 0 atom stereocenters. The van der Waals surface area contributed by atoms with Crippen molar-refractivity contribution >= 4 is 33.1 Å². The number of nitrogens with one attached hydrogen (secondary N) is 1. The van der Waals surface area contributed by atoms with Crippen LogP contribution in [-0.4, -0.2) is 18.2 Å². The number of para-hydroxylation sites is 1. The predicted molar refractivity (Wildman–Crippen MR) is 326 cm³/mol. The second-order valence-corrected chi connectivity index (χ2v) is 19.3. The van der Waals surface area contributed by atoms with Gasteiger partial charge in [0.05, 0.1) is 11.0 Å². The van der Waals surface area contributed by atoms with Crippen LogP contribution in [0, 0.1) is 20.8 Å². The molecule has 0 saturated carbocycles. The second-order valence-electron chi connectivity index (χ2n) is 19.3. The Kier molecular flexibility index (Phi) is 20.0. The molecule has 0 amide bonds. The molecule has 10 rings (SSSR count). The number of fused-ring (bicyclic) bond motifs is 3. The lowest BCUT2D eigenvalue weighted by atomic mass is 9.86. The third kappa shape index (κ3) is 13.4. The summed E-state index contributed by atoms with van der Waals surface area (Å²) >= 11 is 0. The highest BCUT2D eigenvalue weighted by Crippen LogP contribution is 2.40. The van der Waals surface area contributed by atoms with E-state index in [-0.39, 0.29) is 5.41 Å². The molecule has 0 fully saturated rings. The zero-order valence-electron chi connectivity index (χ0n) is 45.8. The van der Waals surface area contributed by atoms with Gasteiger partial charge in [0.25, 0.3) is 0 Å². The van der Waals surface area contributed by atoms with Crippen molar-refractivity contribution < 1.29 is 0 Å². The minimum absolute atomic E-state index is 0.0362. The maximum atomic E-state index is 6.38. The van der Waals surface area contributed by atoms with Gasteiger partial charge >= 0.3 is 0 Å². The van der Waals surface area contributed by atoms with E-state index in [2.05, 4.69) is 283 Å². The molecule has 1 aromatic heterocycles. The number of aryl methyl sites for hydroxylation is 3. The van der Waals surface area contributed by atoms with Crippen LogP contribution in [0.4, 0.5) is 5.69 Å². The average molecular weight is 975 g/mol. The molecule has 0 aliphatic rings. The van der Waals surface area contributed by atoms with Crippen molar-refractivity contribution in [1.82, 2.24) is 4.57 Å². The van der Waals surface area contributed by atoms with Gasteiger partial charge in [0.1, 0.15) is 0 Å². The molecule has 0 spiro atoms. The number of nitrogens with zero attached hydrogens (tertiary/aromatic N) is 1. The number of hydrogen-bond acceptors (Lipinski definition) is 3. The van der Waals surface area contributed by atoms with E-state index in [9.17, 15) is 0 Å². The Morgan fingerprint density at radius 1 is 0.473 bits per heavy atom. The molecule has 4 heteroatoms. The second kappa shape index (κ2) is 26.7. The van der Waals surface area contributed by atoms with E-state index >= 15 is 0 Å². The largest absolute Gasteiger partial charge is 0.404 e. The van der Waals surface area contributed by atoms with Gasteiger partial charge < -0.3 is 21.4 Å². The predicted octanol–water partition coefficient (Wildman–Crippen LogP) is 18.8. The van der Waals surface area contributed by atoms with Crippen LogP contribution >= 0.6 is 0 Å². The molecule has 9 aromatic carbocycles. The van der Waals surface area contributed by atoms with Crippen molar-refractivity contribution in [2.24, 2.45) is 11.5 Å². The molecule has 10 aromatic rings. The zero-order valence-corrected chi connectivity index (χ0v) is 45.8. The van der Waals surface area contributed by atoms with Gasteiger partial charge in [-0.05, 0) is 172 Å². The van der Waals surface area contributed by atoms with Crippen LogP contribution in [0.3, 0.4) is 0 Å². The molecule has 4 nitrogen and oxygen atoms in total. The third-order valence-corrected chi connectivity index (χ3v) is 13.1. The van der Waals surface area contributed by atoms with Gasteiger partial charge in [0.15, 0.2) is 0 Å². The van der Waals surface area contributed by atoms with Crippen LogP contribution in [0.1, 0.15) is 82.7 Å². The molecule has 0 radical (unpaired) electrons.